The van der Waals surface area contributed by atoms with E-state index in [1.54, 1.807) is 4.90 Å². The van der Waals surface area contributed by atoms with Crippen molar-refractivity contribution in [3.05, 3.63) is 70.8 Å². The molecule has 4 aromatic rings. The molecule has 0 radical (unpaired) electrons. The van der Waals surface area contributed by atoms with E-state index < -0.39 is 12.2 Å². The predicted octanol–water partition coefficient (Wildman–Crippen LogP) is 4.83. The Labute approximate surface area is 205 Å². The molecular weight excluding hydrogens is 469 g/mol. The predicted molar refractivity (Wildman–Crippen MR) is 128 cm³/mol. The number of nitrogens with zero attached hydrogens (tertiary/aromatic N) is 4. The van der Waals surface area contributed by atoms with Crippen LogP contribution in [0.15, 0.2) is 43.0 Å². The zero-order valence-corrected chi connectivity index (χ0v) is 19.7. The number of rotatable bonds is 3. The van der Waals surface area contributed by atoms with Gasteiger partial charge in [0.25, 0.3) is 5.91 Å². The number of carbonyl (C=O) groups is 1. The molecule has 0 spiro atoms. The van der Waals surface area contributed by atoms with Crippen LogP contribution >= 0.6 is 0 Å². The van der Waals surface area contributed by atoms with Crippen LogP contribution in [0.3, 0.4) is 0 Å². The third-order valence-corrected chi connectivity index (χ3v) is 7.26. The highest BCUT2D eigenvalue weighted by Gasteiger charge is 2.34. The maximum absolute atomic E-state index is 13.1. The maximum Gasteiger partial charge on any atom is 0.504 e. The standard InChI is InChI=1S/C26H25F3N6O/c1-15-10-31-24-20(15)9-18(11-32-24)17-7-16-4-6-34(14-22(16)21(8-17)23-3-2-5-30-23)25(36)19-12-33-35(13-19)26(27,28)29/h7-13,23,30H,2-6,14H2,1H3,(H,31,32)/t23-/m0/s1. The van der Waals surface area contributed by atoms with Gasteiger partial charge in [-0.15, -0.1) is 13.2 Å². The number of H-pyrrole nitrogens is 1. The first-order valence-corrected chi connectivity index (χ1v) is 12.0. The average molecular weight is 495 g/mol. The lowest BCUT2D eigenvalue weighted by Crippen LogP contribution is -2.37. The summed E-state index contributed by atoms with van der Waals surface area (Å²) in [6.07, 6.45) is 3.61. The lowest BCUT2D eigenvalue weighted by molar-refractivity contribution is -0.212. The van der Waals surface area contributed by atoms with Crippen molar-refractivity contribution in [3.63, 3.8) is 0 Å². The zero-order valence-electron chi connectivity index (χ0n) is 19.7. The van der Waals surface area contributed by atoms with Crippen molar-refractivity contribution in [2.45, 2.75) is 45.1 Å². The molecule has 0 unspecified atom stereocenters. The van der Waals surface area contributed by atoms with Crippen molar-refractivity contribution in [2.24, 2.45) is 0 Å². The third kappa shape index (κ3) is 3.95. The van der Waals surface area contributed by atoms with E-state index in [4.69, 9.17) is 0 Å². The van der Waals surface area contributed by atoms with Gasteiger partial charge in [-0.3, -0.25) is 4.79 Å². The van der Waals surface area contributed by atoms with Gasteiger partial charge in [0.05, 0.1) is 11.8 Å². The number of aromatic amines is 1. The molecule has 10 heteroatoms. The van der Waals surface area contributed by atoms with Gasteiger partial charge in [0.2, 0.25) is 0 Å². The van der Waals surface area contributed by atoms with E-state index in [9.17, 15) is 18.0 Å². The number of aromatic nitrogens is 4. The van der Waals surface area contributed by atoms with Gasteiger partial charge in [0, 0.05) is 48.7 Å². The molecule has 1 aromatic carbocycles. The van der Waals surface area contributed by atoms with Crippen LogP contribution < -0.4 is 5.32 Å². The second-order valence-corrected chi connectivity index (χ2v) is 9.56. The van der Waals surface area contributed by atoms with Gasteiger partial charge in [0.1, 0.15) is 5.65 Å². The molecule has 1 fully saturated rings. The number of benzene rings is 1. The quantitative estimate of drug-likeness (QED) is 0.428. The molecule has 186 valence electrons. The van der Waals surface area contributed by atoms with Crippen LogP contribution in [-0.4, -0.2) is 43.6 Å². The van der Waals surface area contributed by atoms with Crippen molar-refractivity contribution in [2.75, 3.05) is 13.1 Å². The molecule has 7 nitrogen and oxygen atoms in total. The summed E-state index contributed by atoms with van der Waals surface area (Å²) < 4.78 is 38.7. The van der Waals surface area contributed by atoms with Crippen LogP contribution in [0.2, 0.25) is 0 Å². The van der Waals surface area contributed by atoms with Crippen LogP contribution in [0.25, 0.3) is 22.2 Å². The summed E-state index contributed by atoms with van der Waals surface area (Å²) in [5, 5.41) is 7.98. The van der Waals surface area contributed by atoms with E-state index in [0.717, 1.165) is 76.2 Å². The Morgan fingerprint density at radius 2 is 2.03 bits per heavy atom. The first-order chi connectivity index (χ1) is 17.3. The molecule has 2 aliphatic heterocycles. The lowest BCUT2D eigenvalue weighted by Gasteiger charge is -2.32. The van der Waals surface area contributed by atoms with E-state index >= 15 is 0 Å². The molecule has 1 saturated heterocycles. The molecule has 0 bridgehead atoms. The minimum atomic E-state index is -4.65. The van der Waals surface area contributed by atoms with Crippen LogP contribution in [0.1, 0.15) is 51.5 Å². The summed E-state index contributed by atoms with van der Waals surface area (Å²) >= 11 is 0. The van der Waals surface area contributed by atoms with Gasteiger partial charge in [0.15, 0.2) is 0 Å². The van der Waals surface area contributed by atoms with E-state index in [0.29, 0.717) is 19.5 Å². The van der Waals surface area contributed by atoms with Crippen LogP contribution in [0, 0.1) is 6.92 Å². The van der Waals surface area contributed by atoms with Crippen LogP contribution in [0.4, 0.5) is 13.2 Å². The highest BCUT2D eigenvalue weighted by Crippen LogP contribution is 2.36. The van der Waals surface area contributed by atoms with Crippen LogP contribution in [-0.2, 0) is 19.3 Å². The molecule has 2 aliphatic rings. The van der Waals surface area contributed by atoms with Crippen LogP contribution in [0.5, 0.6) is 0 Å². The number of pyridine rings is 1. The summed E-state index contributed by atoms with van der Waals surface area (Å²) in [6.45, 7) is 3.76. The second kappa shape index (κ2) is 8.48. The maximum atomic E-state index is 13.1. The highest BCUT2D eigenvalue weighted by atomic mass is 19.4. The van der Waals surface area contributed by atoms with E-state index in [2.05, 4.69) is 45.5 Å². The lowest BCUT2D eigenvalue weighted by atomic mass is 9.87. The summed E-state index contributed by atoms with van der Waals surface area (Å²) in [5.74, 6) is -0.442. The van der Waals surface area contributed by atoms with Crippen molar-refractivity contribution in [3.8, 4) is 11.1 Å². The molecule has 3 aromatic heterocycles. The van der Waals surface area contributed by atoms with Gasteiger partial charge in [-0.05, 0) is 72.7 Å². The SMILES string of the molecule is Cc1c[nH]c2ncc(-c3cc4c(c([C@@H]5CCCN5)c3)CN(C(=O)c3cnn(C(F)(F)F)c3)CC4)cc12. The molecule has 5 heterocycles. The third-order valence-electron chi connectivity index (χ3n) is 7.26. The first-order valence-electron chi connectivity index (χ1n) is 12.0. The number of aryl methyl sites for hydroxylation is 1. The van der Waals surface area contributed by atoms with Crippen molar-refractivity contribution >= 4 is 16.9 Å². The minimum absolute atomic E-state index is 0.0609. The average Bonchev–Trinajstić information content (AvgIpc) is 3.64. The summed E-state index contributed by atoms with van der Waals surface area (Å²) in [7, 11) is 0. The Morgan fingerprint density at radius 3 is 2.78 bits per heavy atom. The molecule has 1 atom stereocenters. The smallest absolute Gasteiger partial charge is 0.346 e. The Bertz CT molecular complexity index is 1460. The van der Waals surface area contributed by atoms with Gasteiger partial charge >= 0.3 is 6.30 Å². The number of hydrogen-bond acceptors (Lipinski definition) is 4. The Hall–Kier alpha value is -3.66. The number of fused-ring (bicyclic) bond motifs is 2. The number of amides is 1. The van der Waals surface area contributed by atoms with E-state index in [-0.39, 0.29) is 16.3 Å². The van der Waals surface area contributed by atoms with Gasteiger partial charge < -0.3 is 15.2 Å². The van der Waals surface area contributed by atoms with Gasteiger partial charge in [-0.1, -0.05) is 6.07 Å². The second-order valence-electron chi connectivity index (χ2n) is 9.56. The highest BCUT2D eigenvalue weighted by molar-refractivity contribution is 5.94. The normalized spacial score (nSPS) is 18.1. The zero-order chi connectivity index (χ0) is 25.0. The van der Waals surface area contributed by atoms with E-state index in [1.807, 2.05) is 12.4 Å². The Kier molecular flexibility index (Phi) is 5.36. The fourth-order valence-corrected chi connectivity index (χ4v) is 5.35. The fraction of sp³-hybridized carbons (Fsp3) is 0.346. The summed E-state index contributed by atoms with van der Waals surface area (Å²) in [6, 6.07) is 6.68. The largest absolute Gasteiger partial charge is 0.504 e. The Morgan fingerprint density at radius 1 is 1.17 bits per heavy atom. The molecule has 36 heavy (non-hydrogen) atoms. The summed E-state index contributed by atoms with van der Waals surface area (Å²) in [4.78, 5) is 22.5. The van der Waals surface area contributed by atoms with Crippen molar-refractivity contribution in [1.29, 1.82) is 0 Å². The minimum Gasteiger partial charge on any atom is -0.346 e. The topological polar surface area (TPSA) is 78.8 Å². The molecule has 0 aliphatic carbocycles. The molecule has 0 saturated carbocycles. The molecule has 6 rings (SSSR count). The molecule has 1 amide bonds. The van der Waals surface area contributed by atoms with Crippen molar-refractivity contribution in [1.82, 2.24) is 30.0 Å². The number of carbonyl (C=O) groups excluding carboxylic acids is 1. The molecular formula is C26H25F3N6O. The first kappa shape index (κ1) is 22.8. The summed E-state index contributed by atoms with van der Waals surface area (Å²) in [5.41, 5.74) is 7.44. The monoisotopic (exact) mass is 494 g/mol. The number of nitrogens with one attached hydrogen (secondary N) is 2. The number of hydrogen-bond donors (Lipinski definition) is 2. The number of halogens is 3. The van der Waals surface area contributed by atoms with E-state index in [1.165, 1.54) is 0 Å². The molecule has 2 N–H and O–H groups in total. The van der Waals surface area contributed by atoms with Gasteiger partial charge in [-0.25, -0.2) is 4.98 Å². The number of alkyl halides is 3. The Balaban J connectivity index is 1.36. The van der Waals surface area contributed by atoms with Gasteiger partial charge in [-0.2, -0.15) is 9.78 Å². The van der Waals surface area contributed by atoms with Crippen molar-refractivity contribution < 1.29 is 18.0 Å². The fourth-order valence-electron chi connectivity index (χ4n) is 5.35.